The average molecular weight is 252 g/mol. The molecule has 0 amide bonds. The van der Waals surface area contributed by atoms with Gasteiger partial charge in [-0.3, -0.25) is 0 Å². The lowest BCUT2D eigenvalue weighted by Crippen LogP contribution is -2.06. The van der Waals surface area contributed by atoms with Crippen LogP contribution in [-0.2, 0) is 4.74 Å². The van der Waals surface area contributed by atoms with Gasteiger partial charge in [-0.1, -0.05) is 35.0 Å². The molecule has 0 saturated carbocycles. The summed E-state index contributed by atoms with van der Waals surface area (Å²) in [5.41, 5.74) is 0.762. The number of carbonyl (C=O) groups is 1. The maximum absolute atomic E-state index is 11.5. The van der Waals surface area contributed by atoms with Crippen LogP contribution in [0.1, 0.15) is 17.4 Å². The summed E-state index contributed by atoms with van der Waals surface area (Å²) in [6, 6.07) is 9.19. The van der Waals surface area contributed by atoms with E-state index in [0.717, 1.165) is 5.69 Å². The fourth-order valence-electron chi connectivity index (χ4n) is 1.33. The first kappa shape index (κ1) is 11.6. The Labute approximate surface area is 103 Å². The molecular formula is C11H10ClN3O2. The molecule has 5 nitrogen and oxygen atoms in total. The van der Waals surface area contributed by atoms with E-state index in [2.05, 4.69) is 10.3 Å². The second kappa shape index (κ2) is 4.97. The van der Waals surface area contributed by atoms with Crippen LogP contribution < -0.4 is 0 Å². The summed E-state index contributed by atoms with van der Waals surface area (Å²) in [7, 11) is 0. The van der Waals surface area contributed by atoms with E-state index in [1.807, 2.05) is 30.3 Å². The second-order valence-electron chi connectivity index (χ2n) is 3.20. The average Bonchev–Trinajstić information content (AvgIpc) is 2.72. The Balaban J connectivity index is 2.37. The minimum Gasteiger partial charge on any atom is -0.461 e. The normalized spacial score (nSPS) is 10.2. The van der Waals surface area contributed by atoms with Crippen LogP contribution in [0.2, 0.25) is 5.15 Å². The Bertz CT molecular complexity index is 525. The Hall–Kier alpha value is -1.88. The number of para-hydroxylation sites is 1. The summed E-state index contributed by atoms with van der Waals surface area (Å²) in [4.78, 5) is 11.5. The van der Waals surface area contributed by atoms with Crippen molar-refractivity contribution in [3.8, 4) is 5.69 Å². The molecule has 1 aromatic heterocycles. The monoisotopic (exact) mass is 251 g/mol. The topological polar surface area (TPSA) is 57.0 Å². The summed E-state index contributed by atoms with van der Waals surface area (Å²) in [5, 5.41) is 7.69. The van der Waals surface area contributed by atoms with Gasteiger partial charge in [-0.15, -0.1) is 5.10 Å². The number of hydrogen-bond acceptors (Lipinski definition) is 4. The third kappa shape index (κ3) is 2.29. The van der Waals surface area contributed by atoms with E-state index in [4.69, 9.17) is 16.3 Å². The van der Waals surface area contributed by atoms with Crippen molar-refractivity contribution in [3.63, 3.8) is 0 Å². The number of rotatable bonds is 3. The van der Waals surface area contributed by atoms with E-state index in [1.165, 1.54) is 4.68 Å². The SMILES string of the molecule is CCOC(=O)c1nnn(-c2ccccc2)c1Cl. The first-order valence-electron chi connectivity index (χ1n) is 5.07. The van der Waals surface area contributed by atoms with Crippen LogP contribution >= 0.6 is 11.6 Å². The van der Waals surface area contributed by atoms with Crippen molar-refractivity contribution in [2.45, 2.75) is 6.92 Å². The number of aromatic nitrogens is 3. The zero-order valence-electron chi connectivity index (χ0n) is 9.13. The van der Waals surface area contributed by atoms with Crippen LogP contribution in [0, 0.1) is 0 Å². The van der Waals surface area contributed by atoms with Crippen molar-refractivity contribution in [1.29, 1.82) is 0 Å². The molecule has 0 radical (unpaired) electrons. The molecule has 2 aromatic rings. The van der Waals surface area contributed by atoms with Gasteiger partial charge in [0.2, 0.25) is 5.69 Å². The third-order valence-electron chi connectivity index (χ3n) is 2.09. The highest BCUT2D eigenvalue weighted by Gasteiger charge is 2.19. The van der Waals surface area contributed by atoms with Crippen molar-refractivity contribution in [2.24, 2.45) is 0 Å². The summed E-state index contributed by atoms with van der Waals surface area (Å²) >= 11 is 6.03. The number of benzene rings is 1. The van der Waals surface area contributed by atoms with Gasteiger partial charge in [0, 0.05) is 0 Å². The highest BCUT2D eigenvalue weighted by atomic mass is 35.5. The molecule has 0 aliphatic rings. The predicted molar refractivity (Wildman–Crippen MR) is 62.3 cm³/mol. The quantitative estimate of drug-likeness (QED) is 0.784. The molecule has 0 saturated heterocycles. The first-order valence-corrected chi connectivity index (χ1v) is 5.45. The number of hydrogen-bond donors (Lipinski definition) is 0. The molecule has 2 rings (SSSR count). The van der Waals surface area contributed by atoms with Crippen molar-refractivity contribution in [2.75, 3.05) is 6.61 Å². The van der Waals surface area contributed by atoms with Gasteiger partial charge in [0.15, 0.2) is 5.15 Å². The first-order chi connectivity index (χ1) is 8.24. The zero-order valence-corrected chi connectivity index (χ0v) is 9.89. The molecule has 1 heterocycles. The Morgan fingerprint density at radius 1 is 1.41 bits per heavy atom. The molecule has 0 bridgehead atoms. The molecule has 0 N–H and O–H groups in total. The predicted octanol–water partition coefficient (Wildman–Crippen LogP) is 2.10. The van der Waals surface area contributed by atoms with Crippen molar-refractivity contribution in [3.05, 3.63) is 41.2 Å². The Morgan fingerprint density at radius 2 is 2.12 bits per heavy atom. The summed E-state index contributed by atoms with van der Waals surface area (Å²) < 4.78 is 6.20. The molecule has 0 aliphatic heterocycles. The third-order valence-corrected chi connectivity index (χ3v) is 2.42. The van der Waals surface area contributed by atoms with E-state index in [9.17, 15) is 4.79 Å². The number of ether oxygens (including phenoxy) is 1. The van der Waals surface area contributed by atoms with Crippen LogP contribution in [0.4, 0.5) is 0 Å². The van der Waals surface area contributed by atoms with Crippen LogP contribution in [0.5, 0.6) is 0 Å². The van der Waals surface area contributed by atoms with Gasteiger partial charge in [0.1, 0.15) is 0 Å². The van der Waals surface area contributed by atoms with Gasteiger partial charge in [-0.2, -0.15) is 0 Å². The Kier molecular flexibility index (Phi) is 3.39. The molecule has 6 heteroatoms. The van der Waals surface area contributed by atoms with Crippen LogP contribution in [0.3, 0.4) is 0 Å². The van der Waals surface area contributed by atoms with Crippen molar-refractivity contribution >= 4 is 17.6 Å². The maximum atomic E-state index is 11.5. The zero-order chi connectivity index (χ0) is 12.3. The highest BCUT2D eigenvalue weighted by molar-refractivity contribution is 6.32. The van der Waals surface area contributed by atoms with E-state index in [0.29, 0.717) is 0 Å². The molecule has 0 unspecified atom stereocenters. The molecule has 0 fully saturated rings. The van der Waals surface area contributed by atoms with Crippen molar-refractivity contribution in [1.82, 2.24) is 15.0 Å². The summed E-state index contributed by atoms with van der Waals surface area (Å²) in [6.07, 6.45) is 0. The van der Waals surface area contributed by atoms with E-state index >= 15 is 0 Å². The van der Waals surface area contributed by atoms with E-state index < -0.39 is 5.97 Å². The number of esters is 1. The fraction of sp³-hybridized carbons (Fsp3) is 0.182. The smallest absolute Gasteiger partial charge is 0.362 e. The van der Waals surface area contributed by atoms with Gasteiger partial charge in [0.25, 0.3) is 0 Å². The molecule has 0 atom stereocenters. The lowest BCUT2D eigenvalue weighted by molar-refractivity contribution is 0.0519. The number of halogens is 1. The largest absolute Gasteiger partial charge is 0.461 e. The Morgan fingerprint density at radius 3 is 2.76 bits per heavy atom. The summed E-state index contributed by atoms with van der Waals surface area (Å²) in [6.45, 7) is 1.99. The minimum atomic E-state index is -0.570. The highest BCUT2D eigenvalue weighted by Crippen LogP contribution is 2.18. The van der Waals surface area contributed by atoms with Gasteiger partial charge >= 0.3 is 5.97 Å². The molecular weight excluding hydrogens is 242 g/mol. The van der Waals surface area contributed by atoms with Crippen LogP contribution in [0.15, 0.2) is 30.3 Å². The number of carbonyl (C=O) groups excluding carboxylic acids is 1. The standard InChI is InChI=1S/C11H10ClN3O2/c1-2-17-11(16)9-10(12)15(14-13-9)8-6-4-3-5-7-8/h3-7H,2H2,1H3. The van der Waals surface area contributed by atoms with E-state index in [1.54, 1.807) is 6.92 Å². The molecule has 17 heavy (non-hydrogen) atoms. The van der Waals surface area contributed by atoms with Gasteiger partial charge in [-0.05, 0) is 19.1 Å². The lowest BCUT2D eigenvalue weighted by atomic mass is 10.3. The second-order valence-corrected chi connectivity index (χ2v) is 3.55. The van der Waals surface area contributed by atoms with Gasteiger partial charge in [-0.25, -0.2) is 9.48 Å². The summed E-state index contributed by atoms with van der Waals surface area (Å²) in [5.74, 6) is -0.570. The lowest BCUT2D eigenvalue weighted by Gasteiger charge is -2.01. The van der Waals surface area contributed by atoms with Crippen molar-refractivity contribution < 1.29 is 9.53 Å². The maximum Gasteiger partial charge on any atom is 0.362 e. The molecule has 1 aromatic carbocycles. The molecule has 0 aliphatic carbocycles. The van der Waals surface area contributed by atoms with Gasteiger partial charge in [0.05, 0.1) is 12.3 Å². The molecule has 88 valence electrons. The van der Waals surface area contributed by atoms with E-state index in [-0.39, 0.29) is 17.5 Å². The van der Waals surface area contributed by atoms with Crippen LogP contribution in [-0.4, -0.2) is 27.6 Å². The fourth-order valence-corrected chi connectivity index (χ4v) is 1.58. The van der Waals surface area contributed by atoms with Gasteiger partial charge < -0.3 is 4.74 Å². The minimum absolute atomic E-state index is 0.0253. The number of nitrogens with zero attached hydrogens (tertiary/aromatic N) is 3. The van der Waals surface area contributed by atoms with Crippen LogP contribution in [0.25, 0.3) is 5.69 Å². The molecule has 0 spiro atoms.